The van der Waals surface area contributed by atoms with E-state index in [1.54, 1.807) is 17.8 Å². The molecule has 1 aliphatic heterocycles. The maximum Gasteiger partial charge on any atom is 0.330 e. The summed E-state index contributed by atoms with van der Waals surface area (Å²) < 4.78 is 3.44. The summed E-state index contributed by atoms with van der Waals surface area (Å²) in [6, 6.07) is 0.252. The Kier molecular flexibility index (Phi) is 3.68. The summed E-state index contributed by atoms with van der Waals surface area (Å²) in [5.74, 6) is 0. The highest BCUT2D eigenvalue weighted by Crippen LogP contribution is 2.20. The van der Waals surface area contributed by atoms with Gasteiger partial charge in [-0.2, -0.15) is 0 Å². The van der Waals surface area contributed by atoms with E-state index in [0.717, 1.165) is 37.1 Å². The Labute approximate surface area is 110 Å². The highest BCUT2D eigenvalue weighted by atomic mass is 35.5. The second-order valence-electron chi connectivity index (χ2n) is 4.42. The number of aryl methyl sites for hydroxylation is 1. The van der Waals surface area contributed by atoms with Crippen LogP contribution in [-0.2, 0) is 7.05 Å². The van der Waals surface area contributed by atoms with Crippen molar-refractivity contribution in [1.82, 2.24) is 24.4 Å². The average Bonchev–Trinajstić information content (AvgIpc) is 2.64. The van der Waals surface area contributed by atoms with Crippen LogP contribution in [0.3, 0.4) is 0 Å². The molecule has 0 radical (unpaired) electrons. The highest BCUT2D eigenvalue weighted by molar-refractivity contribution is 5.85. The number of halogens is 1. The Hall–Kier alpha value is -1.40. The summed E-state index contributed by atoms with van der Waals surface area (Å²) in [4.78, 5) is 20.5. The number of fused-ring (bicyclic) bond motifs is 1. The normalized spacial score (nSPS) is 16.7. The fraction of sp³-hybridized carbons (Fsp3) is 0.545. The molecule has 0 spiro atoms. The van der Waals surface area contributed by atoms with Gasteiger partial charge in [-0.25, -0.2) is 14.8 Å². The van der Waals surface area contributed by atoms with E-state index in [9.17, 15) is 4.79 Å². The van der Waals surface area contributed by atoms with Crippen LogP contribution < -0.4 is 11.0 Å². The Morgan fingerprint density at radius 2 is 2.11 bits per heavy atom. The monoisotopic (exact) mass is 269 g/mol. The van der Waals surface area contributed by atoms with Gasteiger partial charge in [-0.3, -0.25) is 9.13 Å². The molecular formula is C11H16ClN5O. The van der Waals surface area contributed by atoms with E-state index in [0.29, 0.717) is 0 Å². The molecule has 0 bridgehead atoms. The fourth-order valence-electron chi connectivity index (χ4n) is 2.49. The molecule has 1 aliphatic rings. The van der Waals surface area contributed by atoms with Crippen molar-refractivity contribution < 1.29 is 0 Å². The fourth-order valence-corrected chi connectivity index (χ4v) is 2.49. The predicted molar refractivity (Wildman–Crippen MR) is 71.2 cm³/mol. The molecule has 6 nitrogen and oxygen atoms in total. The first-order valence-corrected chi connectivity index (χ1v) is 5.86. The van der Waals surface area contributed by atoms with Crippen LogP contribution in [0.1, 0.15) is 18.9 Å². The lowest BCUT2D eigenvalue weighted by molar-refractivity contribution is 0.364. The second-order valence-corrected chi connectivity index (χ2v) is 4.42. The molecule has 0 atom stereocenters. The number of piperidine rings is 1. The third kappa shape index (κ3) is 1.91. The van der Waals surface area contributed by atoms with Crippen molar-refractivity contribution >= 4 is 23.6 Å². The topological polar surface area (TPSA) is 64.7 Å². The lowest BCUT2D eigenvalue weighted by Crippen LogP contribution is -2.34. The van der Waals surface area contributed by atoms with Crippen molar-refractivity contribution in [1.29, 1.82) is 0 Å². The Morgan fingerprint density at radius 3 is 2.83 bits per heavy atom. The minimum absolute atomic E-state index is 0. The Balaban J connectivity index is 0.00000120. The van der Waals surface area contributed by atoms with Gasteiger partial charge < -0.3 is 5.32 Å². The molecule has 1 N–H and O–H groups in total. The molecule has 0 unspecified atom stereocenters. The zero-order valence-electron chi connectivity index (χ0n) is 10.2. The summed E-state index contributed by atoms with van der Waals surface area (Å²) in [5.41, 5.74) is 1.56. The number of nitrogens with zero attached hydrogens (tertiary/aromatic N) is 4. The Bertz CT molecular complexity index is 599. The molecule has 1 fully saturated rings. The first kappa shape index (κ1) is 13.0. The van der Waals surface area contributed by atoms with Crippen LogP contribution in [0.4, 0.5) is 0 Å². The van der Waals surface area contributed by atoms with E-state index in [2.05, 4.69) is 15.3 Å². The summed E-state index contributed by atoms with van der Waals surface area (Å²) in [7, 11) is 1.77. The Morgan fingerprint density at radius 1 is 1.39 bits per heavy atom. The third-order valence-corrected chi connectivity index (χ3v) is 3.43. The minimum Gasteiger partial charge on any atom is -0.317 e. The highest BCUT2D eigenvalue weighted by Gasteiger charge is 2.21. The average molecular weight is 270 g/mol. The molecular weight excluding hydrogens is 254 g/mol. The van der Waals surface area contributed by atoms with Crippen LogP contribution in [0.5, 0.6) is 0 Å². The summed E-state index contributed by atoms with van der Waals surface area (Å²) >= 11 is 0. The van der Waals surface area contributed by atoms with E-state index in [4.69, 9.17) is 0 Å². The van der Waals surface area contributed by atoms with E-state index in [-0.39, 0.29) is 24.1 Å². The van der Waals surface area contributed by atoms with Gasteiger partial charge in [-0.1, -0.05) is 0 Å². The standard InChI is InChI=1S/C11H15N5O.ClH/c1-15-9-6-13-7-14-10(9)16(11(15)17)8-2-4-12-5-3-8;/h6-8,12H,2-5H2,1H3;1H. The first-order chi connectivity index (χ1) is 8.29. The summed E-state index contributed by atoms with van der Waals surface area (Å²) in [6.07, 6.45) is 5.15. The van der Waals surface area contributed by atoms with E-state index in [1.807, 2.05) is 4.57 Å². The number of hydrogen-bond acceptors (Lipinski definition) is 4. The lowest BCUT2D eigenvalue weighted by Gasteiger charge is -2.23. The van der Waals surface area contributed by atoms with Gasteiger partial charge in [0.2, 0.25) is 0 Å². The largest absolute Gasteiger partial charge is 0.330 e. The van der Waals surface area contributed by atoms with Crippen molar-refractivity contribution in [2.75, 3.05) is 13.1 Å². The quantitative estimate of drug-likeness (QED) is 0.818. The third-order valence-electron chi connectivity index (χ3n) is 3.43. The summed E-state index contributed by atoms with van der Waals surface area (Å²) in [6.45, 7) is 1.91. The van der Waals surface area contributed by atoms with Gasteiger partial charge in [0.1, 0.15) is 11.8 Å². The van der Waals surface area contributed by atoms with Gasteiger partial charge in [-0.15, -0.1) is 12.4 Å². The SMILES string of the molecule is Cl.Cn1c(=O)n(C2CCNCC2)c2ncncc21. The number of hydrogen-bond donors (Lipinski definition) is 1. The van der Waals surface area contributed by atoms with Crippen molar-refractivity contribution in [2.24, 2.45) is 7.05 Å². The maximum absolute atomic E-state index is 12.2. The summed E-state index contributed by atoms with van der Waals surface area (Å²) in [5, 5.41) is 3.30. The molecule has 2 aromatic rings. The van der Waals surface area contributed by atoms with Gasteiger partial charge in [-0.05, 0) is 25.9 Å². The molecule has 0 aromatic carbocycles. The van der Waals surface area contributed by atoms with Crippen LogP contribution >= 0.6 is 12.4 Å². The van der Waals surface area contributed by atoms with Crippen molar-refractivity contribution in [2.45, 2.75) is 18.9 Å². The number of nitrogens with one attached hydrogen (secondary N) is 1. The zero-order valence-corrected chi connectivity index (χ0v) is 11.0. The molecule has 0 saturated carbocycles. The smallest absolute Gasteiger partial charge is 0.317 e. The van der Waals surface area contributed by atoms with Crippen LogP contribution in [0, 0.1) is 0 Å². The lowest BCUT2D eigenvalue weighted by atomic mass is 10.1. The molecule has 98 valence electrons. The van der Waals surface area contributed by atoms with Gasteiger partial charge in [0.15, 0.2) is 5.65 Å². The molecule has 3 rings (SSSR count). The molecule has 18 heavy (non-hydrogen) atoms. The van der Waals surface area contributed by atoms with E-state index >= 15 is 0 Å². The minimum atomic E-state index is 0. The van der Waals surface area contributed by atoms with Gasteiger partial charge >= 0.3 is 5.69 Å². The van der Waals surface area contributed by atoms with Crippen molar-refractivity contribution in [3.8, 4) is 0 Å². The van der Waals surface area contributed by atoms with Gasteiger partial charge in [0.25, 0.3) is 0 Å². The van der Waals surface area contributed by atoms with Crippen LogP contribution in [0.25, 0.3) is 11.2 Å². The first-order valence-electron chi connectivity index (χ1n) is 5.86. The molecule has 2 aromatic heterocycles. The van der Waals surface area contributed by atoms with Crippen LogP contribution in [-0.4, -0.2) is 32.2 Å². The second kappa shape index (κ2) is 5.07. The molecule has 0 amide bonds. The van der Waals surface area contributed by atoms with E-state index < -0.39 is 0 Å². The number of aromatic nitrogens is 4. The molecule has 3 heterocycles. The molecule has 0 aliphatic carbocycles. The van der Waals surface area contributed by atoms with Crippen molar-refractivity contribution in [3.63, 3.8) is 0 Å². The molecule has 7 heteroatoms. The van der Waals surface area contributed by atoms with Crippen LogP contribution in [0.2, 0.25) is 0 Å². The van der Waals surface area contributed by atoms with Crippen LogP contribution in [0.15, 0.2) is 17.3 Å². The predicted octanol–water partition coefficient (Wildman–Crippen LogP) is 0.476. The van der Waals surface area contributed by atoms with Gasteiger partial charge in [0, 0.05) is 13.1 Å². The number of imidazole rings is 1. The van der Waals surface area contributed by atoms with E-state index in [1.165, 1.54) is 6.33 Å². The van der Waals surface area contributed by atoms with Crippen molar-refractivity contribution in [3.05, 3.63) is 23.0 Å². The van der Waals surface area contributed by atoms with Gasteiger partial charge in [0.05, 0.1) is 6.20 Å². The maximum atomic E-state index is 12.2. The molecule has 1 saturated heterocycles. The number of rotatable bonds is 1. The zero-order chi connectivity index (χ0) is 11.8.